The van der Waals surface area contributed by atoms with Crippen LogP contribution in [-0.2, 0) is 0 Å². The molecule has 2 rings (SSSR count). The maximum atomic E-state index is 5.54. The third-order valence-corrected chi connectivity index (χ3v) is 2.37. The third-order valence-electron chi connectivity index (χ3n) is 1.67. The van der Waals surface area contributed by atoms with Crippen LogP contribution in [0.15, 0.2) is 23.5 Å². The number of thioether (sulfide) groups is 1. The topological polar surface area (TPSA) is 64.7 Å². The number of hydrogen-bond donors (Lipinski definition) is 1. The van der Waals surface area contributed by atoms with Gasteiger partial charge in [-0.2, -0.15) is 0 Å². The van der Waals surface area contributed by atoms with Crippen molar-refractivity contribution < 1.29 is 0 Å². The number of nitrogen functional groups attached to an aromatic ring is 1. The SMILES string of the molecule is CSc1nc(N)nc2ccncc12. The second-order valence-electron chi connectivity index (χ2n) is 2.48. The molecule has 0 saturated heterocycles. The fraction of sp³-hybridized carbons (Fsp3) is 0.125. The maximum absolute atomic E-state index is 5.54. The molecule has 2 aromatic heterocycles. The summed E-state index contributed by atoms with van der Waals surface area (Å²) >= 11 is 1.54. The Morgan fingerprint density at radius 2 is 2.23 bits per heavy atom. The van der Waals surface area contributed by atoms with Gasteiger partial charge in [0.25, 0.3) is 0 Å². The molecule has 0 aliphatic heterocycles. The van der Waals surface area contributed by atoms with Crippen molar-refractivity contribution >= 4 is 28.6 Å². The molecule has 2 N–H and O–H groups in total. The van der Waals surface area contributed by atoms with E-state index in [-0.39, 0.29) is 0 Å². The van der Waals surface area contributed by atoms with Gasteiger partial charge in [-0.05, 0) is 12.3 Å². The summed E-state index contributed by atoms with van der Waals surface area (Å²) in [6.07, 6.45) is 5.40. The van der Waals surface area contributed by atoms with Crippen LogP contribution < -0.4 is 5.73 Å². The molecular weight excluding hydrogens is 184 g/mol. The zero-order chi connectivity index (χ0) is 9.26. The number of rotatable bonds is 1. The fourth-order valence-electron chi connectivity index (χ4n) is 1.12. The van der Waals surface area contributed by atoms with E-state index in [1.807, 2.05) is 12.3 Å². The first-order valence-corrected chi connectivity index (χ1v) is 4.95. The molecule has 0 aliphatic rings. The molecule has 5 heteroatoms. The van der Waals surface area contributed by atoms with Crippen molar-refractivity contribution in [1.82, 2.24) is 15.0 Å². The molecule has 0 unspecified atom stereocenters. The minimum Gasteiger partial charge on any atom is -0.368 e. The Bertz CT molecular complexity index is 443. The molecule has 2 aromatic rings. The van der Waals surface area contributed by atoms with Crippen LogP contribution in [0.1, 0.15) is 0 Å². The van der Waals surface area contributed by atoms with Crippen LogP contribution in [0.25, 0.3) is 10.9 Å². The van der Waals surface area contributed by atoms with Gasteiger partial charge in [-0.15, -0.1) is 11.8 Å². The first kappa shape index (κ1) is 8.25. The van der Waals surface area contributed by atoms with Crippen LogP contribution in [0, 0.1) is 0 Å². The molecule has 0 aliphatic carbocycles. The van der Waals surface area contributed by atoms with Gasteiger partial charge in [0.2, 0.25) is 5.95 Å². The number of fused-ring (bicyclic) bond motifs is 1. The monoisotopic (exact) mass is 192 g/mol. The van der Waals surface area contributed by atoms with Gasteiger partial charge in [0.15, 0.2) is 0 Å². The molecule has 4 nitrogen and oxygen atoms in total. The van der Waals surface area contributed by atoms with E-state index in [1.54, 1.807) is 24.2 Å². The minimum absolute atomic E-state index is 0.308. The van der Waals surface area contributed by atoms with Crippen molar-refractivity contribution in [2.75, 3.05) is 12.0 Å². The third kappa shape index (κ3) is 1.42. The molecule has 66 valence electrons. The van der Waals surface area contributed by atoms with E-state index in [4.69, 9.17) is 5.73 Å². The van der Waals surface area contributed by atoms with Crippen LogP contribution in [-0.4, -0.2) is 21.2 Å². The van der Waals surface area contributed by atoms with Gasteiger partial charge in [-0.3, -0.25) is 4.98 Å². The summed E-state index contributed by atoms with van der Waals surface area (Å²) < 4.78 is 0. The van der Waals surface area contributed by atoms with E-state index >= 15 is 0 Å². The number of nitrogens with two attached hydrogens (primary N) is 1. The Kier molecular flexibility index (Phi) is 2.02. The summed E-state index contributed by atoms with van der Waals surface area (Å²) in [7, 11) is 0. The molecule has 0 radical (unpaired) electrons. The van der Waals surface area contributed by atoms with Crippen molar-refractivity contribution in [2.45, 2.75) is 5.03 Å². The molecule has 2 heterocycles. The fourth-order valence-corrected chi connectivity index (χ4v) is 1.68. The van der Waals surface area contributed by atoms with Gasteiger partial charge in [0.1, 0.15) is 5.03 Å². The Morgan fingerprint density at radius 3 is 3.00 bits per heavy atom. The predicted molar refractivity (Wildman–Crippen MR) is 53.5 cm³/mol. The lowest BCUT2D eigenvalue weighted by Crippen LogP contribution is -1.97. The molecule has 0 spiro atoms. The summed E-state index contributed by atoms with van der Waals surface area (Å²) in [6.45, 7) is 0. The van der Waals surface area contributed by atoms with Crippen LogP contribution in [0.2, 0.25) is 0 Å². The predicted octanol–water partition coefficient (Wildman–Crippen LogP) is 1.33. The Morgan fingerprint density at radius 1 is 1.38 bits per heavy atom. The Labute approximate surface area is 79.6 Å². The van der Waals surface area contributed by atoms with Crippen molar-refractivity contribution in [3.63, 3.8) is 0 Å². The maximum Gasteiger partial charge on any atom is 0.221 e. The lowest BCUT2D eigenvalue weighted by Gasteiger charge is -2.01. The van der Waals surface area contributed by atoms with Crippen LogP contribution in [0.5, 0.6) is 0 Å². The Hall–Kier alpha value is -1.36. The number of aromatic nitrogens is 3. The van der Waals surface area contributed by atoms with Gasteiger partial charge in [0.05, 0.1) is 10.9 Å². The molecular formula is C8H8N4S. The zero-order valence-corrected chi connectivity index (χ0v) is 7.88. The first-order valence-electron chi connectivity index (χ1n) is 3.72. The first-order chi connectivity index (χ1) is 6.31. The van der Waals surface area contributed by atoms with Crippen molar-refractivity contribution in [2.24, 2.45) is 0 Å². The largest absolute Gasteiger partial charge is 0.368 e. The number of pyridine rings is 1. The normalized spacial score (nSPS) is 10.5. The number of nitrogens with zero attached hydrogens (tertiary/aromatic N) is 3. The summed E-state index contributed by atoms with van der Waals surface area (Å²) in [5.41, 5.74) is 6.38. The molecule has 0 saturated carbocycles. The second kappa shape index (κ2) is 3.18. The highest BCUT2D eigenvalue weighted by atomic mass is 32.2. The van der Waals surface area contributed by atoms with E-state index in [0.717, 1.165) is 15.9 Å². The van der Waals surface area contributed by atoms with E-state index in [1.165, 1.54) is 0 Å². The molecule has 0 bridgehead atoms. The van der Waals surface area contributed by atoms with Crippen molar-refractivity contribution in [3.8, 4) is 0 Å². The summed E-state index contributed by atoms with van der Waals surface area (Å²) in [4.78, 5) is 12.2. The van der Waals surface area contributed by atoms with E-state index < -0.39 is 0 Å². The van der Waals surface area contributed by atoms with Gasteiger partial charge in [0, 0.05) is 12.4 Å². The van der Waals surface area contributed by atoms with Gasteiger partial charge in [-0.25, -0.2) is 9.97 Å². The van der Waals surface area contributed by atoms with E-state index in [2.05, 4.69) is 15.0 Å². The highest BCUT2D eigenvalue weighted by molar-refractivity contribution is 7.98. The lowest BCUT2D eigenvalue weighted by molar-refractivity contribution is 1.11. The quantitative estimate of drug-likeness (QED) is 0.545. The van der Waals surface area contributed by atoms with Gasteiger partial charge >= 0.3 is 0 Å². The van der Waals surface area contributed by atoms with Crippen LogP contribution >= 0.6 is 11.8 Å². The number of hydrogen-bond acceptors (Lipinski definition) is 5. The van der Waals surface area contributed by atoms with E-state index in [0.29, 0.717) is 5.95 Å². The average Bonchev–Trinajstić information content (AvgIpc) is 2.16. The summed E-state index contributed by atoms with van der Waals surface area (Å²) in [5, 5.41) is 1.82. The molecule has 0 fully saturated rings. The van der Waals surface area contributed by atoms with Gasteiger partial charge < -0.3 is 5.73 Å². The highest BCUT2D eigenvalue weighted by Gasteiger charge is 2.03. The highest BCUT2D eigenvalue weighted by Crippen LogP contribution is 2.22. The standard InChI is InChI=1S/C8H8N4S/c1-13-7-5-4-10-3-2-6(5)11-8(9)12-7/h2-4H,1H3,(H2,9,11,12). The minimum atomic E-state index is 0.308. The number of anilines is 1. The zero-order valence-electron chi connectivity index (χ0n) is 7.06. The Balaban J connectivity index is 2.81. The molecule has 0 aromatic carbocycles. The molecule has 0 amide bonds. The van der Waals surface area contributed by atoms with Crippen molar-refractivity contribution in [1.29, 1.82) is 0 Å². The van der Waals surface area contributed by atoms with Gasteiger partial charge in [-0.1, -0.05) is 0 Å². The summed E-state index contributed by atoms with van der Waals surface area (Å²) in [5.74, 6) is 0.308. The molecule has 13 heavy (non-hydrogen) atoms. The van der Waals surface area contributed by atoms with Crippen molar-refractivity contribution in [3.05, 3.63) is 18.5 Å². The average molecular weight is 192 g/mol. The summed E-state index contributed by atoms with van der Waals surface area (Å²) in [6, 6.07) is 1.83. The van der Waals surface area contributed by atoms with Crippen LogP contribution in [0.4, 0.5) is 5.95 Å². The smallest absolute Gasteiger partial charge is 0.221 e. The molecule has 0 atom stereocenters. The second-order valence-corrected chi connectivity index (χ2v) is 3.28. The van der Waals surface area contributed by atoms with E-state index in [9.17, 15) is 0 Å². The lowest BCUT2D eigenvalue weighted by atomic mass is 10.3. The van der Waals surface area contributed by atoms with Crippen LogP contribution in [0.3, 0.4) is 0 Å².